The van der Waals surface area contributed by atoms with Crippen LogP contribution in [0, 0.1) is 5.82 Å². The van der Waals surface area contributed by atoms with Crippen LogP contribution in [0.4, 0.5) is 15.0 Å². The molecule has 61 heavy (non-hydrogen) atoms. The monoisotopic (exact) mass is 894 g/mol. The Morgan fingerprint density at radius 3 is 1.97 bits per heavy atom. The van der Waals surface area contributed by atoms with E-state index in [9.17, 15) is 4.79 Å². The molecule has 2 saturated heterocycles. The fourth-order valence-corrected chi connectivity index (χ4v) is 10.1. The first kappa shape index (κ1) is 47.0. The van der Waals surface area contributed by atoms with Crippen LogP contribution >= 0.6 is 0 Å². The summed E-state index contributed by atoms with van der Waals surface area (Å²) in [6.45, 7) is 29.1. The molecule has 2 bridgehead atoms. The molecule has 13 nitrogen and oxygen atoms in total. The fourth-order valence-electron chi connectivity index (χ4n) is 7.87. The Labute approximate surface area is 365 Å². The lowest BCUT2D eigenvalue weighted by atomic mass is 9.87. The summed E-state index contributed by atoms with van der Waals surface area (Å²) < 4.78 is 45.7. The molecule has 0 aromatic carbocycles. The van der Waals surface area contributed by atoms with E-state index in [0.717, 1.165) is 47.9 Å². The Balaban J connectivity index is 1.36. The minimum absolute atomic E-state index is 0.0650. The van der Waals surface area contributed by atoms with E-state index in [0.29, 0.717) is 56.4 Å². The number of piperidine rings is 1. The molecule has 3 atom stereocenters. The van der Waals surface area contributed by atoms with Crippen LogP contribution in [-0.2, 0) is 25.7 Å². The summed E-state index contributed by atoms with van der Waals surface area (Å²) in [6, 6.07) is 6.86. The summed E-state index contributed by atoms with van der Waals surface area (Å²) in [5, 5.41) is 4.80. The van der Waals surface area contributed by atoms with Crippen molar-refractivity contribution >= 4 is 41.8 Å². The molecule has 1 unspecified atom stereocenters. The van der Waals surface area contributed by atoms with E-state index >= 15 is 4.39 Å². The highest BCUT2D eigenvalue weighted by Gasteiger charge is 2.46. The zero-order chi connectivity index (χ0) is 44.3. The zero-order valence-electron chi connectivity index (χ0n) is 38.9. The van der Waals surface area contributed by atoms with E-state index in [1.807, 2.05) is 53.5 Å². The van der Waals surface area contributed by atoms with Gasteiger partial charge in [-0.15, -0.1) is 0 Å². The first-order valence-electron chi connectivity index (χ1n) is 22.1. The SMILES string of the molecule is CC(C)(C)OC(=O)N1[C@@H]2CC[C@H]1CC(c1nc3c(-c4ccc(-c5nccn5COCC[Si](C)(C)C)nc4)cnn3c(N(COCC[Si](C)(C)C)COCC[Si](C)(C)C)c1F)C2. The highest BCUT2D eigenvalue weighted by atomic mass is 28.3. The van der Waals surface area contributed by atoms with Crippen molar-refractivity contribution in [3.05, 3.63) is 48.4 Å². The molecule has 0 saturated carbocycles. The summed E-state index contributed by atoms with van der Waals surface area (Å²) in [6.07, 6.45) is 9.78. The molecule has 2 fully saturated rings. The molecular formula is C44H71FN8O5Si3. The molecule has 6 heterocycles. The maximum Gasteiger partial charge on any atom is 0.410 e. The minimum Gasteiger partial charge on any atom is -0.444 e. The number of anilines is 1. The molecule has 4 aromatic rings. The average molecular weight is 895 g/mol. The van der Waals surface area contributed by atoms with Crippen molar-refractivity contribution < 1.29 is 28.1 Å². The van der Waals surface area contributed by atoms with Gasteiger partial charge in [-0.1, -0.05) is 65.0 Å². The fraction of sp³-hybridized carbons (Fsp3) is 0.659. The van der Waals surface area contributed by atoms with E-state index < -0.39 is 35.6 Å². The number of hydrogen-bond acceptors (Lipinski definition) is 10. The topological polar surface area (TPSA) is 121 Å². The molecule has 2 aliphatic heterocycles. The quantitative estimate of drug-likeness (QED) is 0.0511. The second-order valence-corrected chi connectivity index (χ2v) is 38.5. The summed E-state index contributed by atoms with van der Waals surface area (Å²) in [4.78, 5) is 31.7. The van der Waals surface area contributed by atoms with Crippen LogP contribution in [0.3, 0.4) is 0 Å². The predicted molar refractivity (Wildman–Crippen MR) is 249 cm³/mol. The molecule has 17 heteroatoms. The second kappa shape index (κ2) is 19.1. The Hall–Kier alpha value is -3.49. The van der Waals surface area contributed by atoms with Crippen molar-refractivity contribution in [2.45, 2.75) is 154 Å². The zero-order valence-corrected chi connectivity index (χ0v) is 41.9. The minimum atomic E-state index is -1.38. The summed E-state index contributed by atoms with van der Waals surface area (Å²) in [5.74, 6) is 0.315. The van der Waals surface area contributed by atoms with Gasteiger partial charge in [0, 0.05) is 91.8 Å². The van der Waals surface area contributed by atoms with Gasteiger partial charge < -0.3 is 33.3 Å². The second-order valence-electron chi connectivity index (χ2n) is 21.6. The molecule has 0 spiro atoms. The van der Waals surface area contributed by atoms with E-state index in [2.05, 4.69) is 63.9 Å². The average Bonchev–Trinajstić information content (AvgIpc) is 3.86. The number of ether oxygens (including phenoxy) is 4. The molecule has 0 aliphatic carbocycles. The van der Waals surface area contributed by atoms with Crippen LogP contribution in [0.5, 0.6) is 0 Å². The van der Waals surface area contributed by atoms with E-state index in [1.54, 1.807) is 23.1 Å². The molecule has 0 radical (unpaired) electrons. The van der Waals surface area contributed by atoms with Gasteiger partial charge in [-0.2, -0.15) is 9.61 Å². The number of carbonyl (C=O) groups is 1. The lowest BCUT2D eigenvalue weighted by Crippen LogP contribution is -2.48. The van der Waals surface area contributed by atoms with Crippen LogP contribution in [0.15, 0.2) is 36.9 Å². The number of rotatable bonds is 19. The highest BCUT2D eigenvalue weighted by Crippen LogP contribution is 2.45. The first-order valence-corrected chi connectivity index (χ1v) is 33.2. The number of carbonyl (C=O) groups excluding carboxylic acids is 1. The van der Waals surface area contributed by atoms with Gasteiger partial charge in [-0.05, 0) is 70.7 Å². The van der Waals surface area contributed by atoms with Crippen LogP contribution in [-0.4, -0.2) is 115 Å². The number of hydrogen-bond donors (Lipinski definition) is 0. The van der Waals surface area contributed by atoms with E-state index in [1.165, 1.54) is 0 Å². The molecule has 6 rings (SSSR count). The van der Waals surface area contributed by atoms with E-state index in [-0.39, 0.29) is 43.4 Å². The summed E-state index contributed by atoms with van der Waals surface area (Å²) >= 11 is 0. The Kier molecular flexibility index (Phi) is 14.7. The molecule has 4 aromatic heterocycles. The molecule has 2 aliphatic rings. The number of aromatic nitrogens is 6. The van der Waals surface area contributed by atoms with Crippen LogP contribution in [0.1, 0.15) is 58.1 Å². The van der Waals surface area contributed by atoms with Crippen LogP contribution in [0.25, 0.3) is 28.3 Å². The standard InChI is InChI=1S/C44H71FN8O5Si3/c1-44(2,3)58-43(54)52-34-14-15-35(52)26-33(25-34)39-38(45)42(51(30-56-20-23-60(7,8)9)31-57-21-24-61(10,11)12)53-40(49-39)36(28-48-53)32-13-16-37(47-27-32)41-46-17-18-50(41)29-55-19-22-59(4,5)6/h13,16-18,27-28,33-35H,14-15,19-26,29-31H2,1-12H3/t33?,34-,35+. The van der Waals surface area contributed by atoms with Gasteiger partial charge in [0.25, 0.3) is 0 Å². The van der Waals surface area contributed by atoms with Gasteiger partial charge in [0.15, 0.2) is 23.1 Å². The maximum atomic E-state index is 17.6. The molecule has 0 N–H and O–H groups in total. The Morgan fingerprint density at radius 1 is 0.836 bits per heavy atom. The molecule has 1 amide bonds. The van der Waals surface area contributed by atoms with Gasteiger partial charge in [0.2, 0.25) is 0 Å². The Bertz CT molecular complexity index is 2050. The van der Waals surface area contributed by atoms with Gasteiger partial charge in [0.05, 0.1) is 11.9 Å². The Morgan fingerprint density at radius 2 is 1.43 bits per heavy atom. The predicted octanol–water partition coefficient (Wildman–Crippen LogP) is 10.2. The normalized spacial score (nSPS) is 18.6. The number of pyridine rings is 1. The van der Waals surface area contributed by atoms with Crippen LogP contribution < -0.4 is 4.90 Å². The highest BCUT2D eigenvalue weighted by molar-refractivity contribution is 6.76. The van der Waals surface area contributed by atoms with Gasteiger partial charge in [0.1, 0.15) is 31.5 Å². The van der Waals surface area contributed by atoms with Crippen molar-refractivity contribution in [2.24, 2.45) is 0 Å². The van der Waals surface area contributed by atoms with Crippen molar-refractivity contribution in [1.82, 2.24) is 34.0 Å². The van der Waals surface area contributed by atoms with Crippen molar-refractivity contribution in [2.75, 3.05) is 38.2 Å². The number of nitrogens with zero attached hydrogens (tertiary/aromatic N) is 8. The van der Waals surface area contributed by atoms with Crippen molar-refractivity contribution in [3.63, 3.8) is 0 Å². The lowest BCUT2D eigenvalue weighted by Gasteiger charge is -2.39. The third-order valence-electron chi connectivity index (χ3n) is 11.3. The maximum absolute atomic E-state index is 17.6. The van der Waals surface area contributed by atoms with Crippen molar-refractivity contribution in [3.8, 4) is 22.6 Å². The number of amides is 1. The third-order valence-corrected chi connectivity index (χ3v) is 16.5. The summed E-state index contributed by atoms with van der Waals surface area (Å²) in [7, 11) is -3.97. The van der Waals surface area contributed by atoms with Crippen molar-refractivity contribution in [1.29, 1.82) is 0 Å². The molecule has 336 valence electrons. The van der Waals surface area contributed by atoms with Gasteiger partial charge >= 0.3 is 6.09 Å². The molecular weight excluding hydrogens is 824 g/mol. The van der Waals surface area contributed by atoms with E-state index in [4.69, 9.17) is 34.0 Å². The first-order chi connectivity index (χ1) is 28.6. The number of imidazole rings is 1. The smallest absolute Gasteiger partial charge is 0.410 e. The number of halogens is 1. The van der Waals surface area contributed by atoms with Gasteiger partial charge in [-0.3, -0.25) is 4.98 Å². The number of fused-ring (bicyclic) bond motifs is 3. The van der Waals surface area contributed by atoms with Crippen LogP contribution in [0.2, 0.25) is 77.1 Å². The van der Waals surface area contributed by atoms with Gasteiger partial charge in [-0.25, -0.2) is 19.2 Å². The lowest BCUT2D eigenvalue weighted by molar-refractivity contribution is 0.00557. The largest absolute Gasteiger partial charge is 0.444 e. The summed E-state index contributed by atoms with van der Waals surface area (Å²) in [5.41, 5.74) is 2.53. The third kappa shape index (κ3) is 12.6.